The largest absolute Gasteiger partial charge is 0.303 e. The fourth-order valence-corrected chi connectivity index (χ4v) is 3.47. The Kier molecular flexibility index (Phi) is 8.03. The number of likely N-dealkylation sites (tertiary alicyclic amines) is 1. The molecule has 1 aromatic rings. The molecule has 2 rings (SSSR count). The van der Waals surface area contributed by atoms with E-state index in [4.69, 9.17) is 0 Å². The first-order chi connectivity index (χ1) is 10.2. The highest BCUT2D eigenvalue weighted by atomic mass is 15.1. The monoisotopic (exact) mass is 289 g/mol. The van der Waals surface area contributed by atoms with Gasteiger partial charge in [0.05, 0.1) is 0 Å². The van der Waals surface area contributed by atoms with Gasteiger partial charge in [0.1, 0.15) is 0 Å². The molecule has 1 fully saturated rings. The minimum Gasteiger partial charge on any atom is -0.303 e. The predicted octanol–water partition coefficient (Wildman–Crippen LogP) is 5.56. The van der Waals surface area contributed by atoms with Crippen LogP contribution >= 0.6 is 0 Å². The van der Waals surface area contributed by atoms with Crippen molar-refractivity contribution in [3.8, 4) is 0 Å². The Morgan fingerprint density at radius 2 is 1.95 bits per heavy atom. The van der Waals surface area contributed by atoms with Gasteiger partial charge in [0, 0.05) is 6.04 Å². The molecule has 120 valence electrons. The average molecular weight is 290 g/mol. The molecule has 0 amide bonds. The Balaban J connectivity index is 0.00000106. The van der Waals surface area contributed by atoms with Crippen molar-refractivity contribution in [1.82, 2.24) is 4.90 Å². The van der Waals surface area contributed by atoms with Crippen molar-refractivity contribution in [2.45, 2.75) is 78.7 Å². The van der Waals surface area contributed by atoms with E-state index in [9.17, 15) is 0 Å². The van der Waals surface area contributed by atoms with Crippen molar-refractivity contribution >= 4 is 0 Å². The van der Waals surface area contributed by atoms with Crippen LogP contribution in [0, 0.1) is 6.92 Å². The number of aryl methyl sites for hydroxylation is 2. The van der Waals surface area contributed by atoms with Gasteiger partial charge < -0.3 is 4.90 Å². The van der Waals surface area contributed by atoms with Crippen LogP contribution in [0.2, 0.25) is 0 Å². The maximum Gasteiger partial charge on any atom is 0.00985 e. The maximum atomic E-state index is 2.56. The Morgan fingerprint density at radius 1 is 1.24 bits per heavy atom. The van der Waals surface area contributed by atoms with Crippen molar-refractivity contribution in [3.63, 3.8) is 0 Å². The SMILES string of the molecule is CC.CCc1ccc(C)c(C(CC)CC2CCCN2C)c1. The molecule has 0 spiro atoms. The summed E-state index contributed by atoms with van der Waals surface area (Å²) >= 11 is 0. The second kappa shape index (κ2) is 9.25. The number of hydrogen-bond donors (Lipinski definition) is 0. The number of rotatable bonds is 5. The fraction of sp³-hybridized carbons (Fsp3) is 0.700. The molecule has 1 heterocycles. The van der Waals surface area contributed by atoms with Gasteiger partial charge in [-0.3, -0.25) is 0 Å². The third kappa shape index (κ3) is 4.85. The van der Waals surface area contributed by atoms with E-state index < -0.39 is 0 Å². The summed E-state index contributed by atoms with van der Waals surface area (Å²) in [7, 11) is 2.29. The minimum absolute atomic E-state index is 0.733. The van der Waals surface area contributed by atoms with Crippen LogP contribution in [0.1, 0.15) is 76.0 Å². The minimum atomic E-state index is 0.733. The van der Waals surface area contributed by atoms with Crippen LogP contribution in [0.4, 0.5) is 0 Å². The molecule has 0 aliphatic carbocycles. The summed E-state index contributed by atoms with van der Waals surface area (Å²) < 4.78 is 0. The maximum absolute atomic E-state index is 2.56. The third-order valence-corrected chi connectivity index (χ3v) is 4.91. The smallest absolute Gasteiger partial charge is 0.00985 e. The molecule has 1 heteroatoms. The molecule has 2 unspecified atom stereocenters. The molecular formula is C20H35N. The molecule has 2 atom stereocenters. The summed E-state index contributed by atoms with van der Waals surface area (Å²) in [6.45, 7) is 12.2. The number of benzene rings is 1. The van der Waals surface area contributed by atoms with E-state index in [2.05, 4.69) is 50.9 Å². The van der Waals surface area contributed by atoms with Gasteiger partial charge in [0.2, 0.25) is 0 Å². The molecule has 0 radical (unpaired) electrons. The summed E-state index contributed by atoms with van der Waals surface area (Å²) in [5.74, 6) is 0.733. The molecule has 1 nitrogen and oxygen atoms in total. The van der Waals surface area contributed by atoms with E-state index in [1.54, 1.807) is 5.56 Å². The first-order valence-electron chi connectivity index (χ1n) is 8.95. The molecule has 21 heavy (non-hydrogen) atoms. The van der Waals surface area contributed by atoms with Gasteiger partial charge in [-0.15, -0.1) is 0 Å². The summed E-state index contributed by atoms with van der Waals surface area (Å²) in [6, 6.07) is 7.86. The van der Waals surface area contributed by atoms with Crippen molar-refractivity contribution in [2.75, 3.05) is 13.6 Å². The highest BCUT2D eigenvalue weighted by Crippen LogP contribution is 2.32. The first-order valence-corrected chi connectivity index (χ1v) is 8.95. The summed E-state index contributed by atoms with van der Waals surface area (Å²) in [5, 5.41) is 0. The van der Waals surface area contributed by atoms with Crippen molar-refractivity contribution < 1.29 is 0 Å². The van der Waals surface area contributed by atoms with Gasteiger partial charge in [0.15, 0.2) is 0 Å². The van der Waals surface area contributed by atoms with E-state index in [-0.39, 0.29) is 0 Å². The predicted molar refractivity (Wildman–Crippen MR) is 95.2 cm³/mol. The van der Waals surface area contributed by atoms with E-state index in [1.807, 2.05) is 13.8 Å². The van der Waals surface area contributed by atoms with Crippen molar-refractivity contribution in [1.29, 1.82) is 0 Å². The lowest BCUT2D eigenvalue weighted by Gasteiger charge is -2.26. The Labute approximate surface area is 132 Å². The molecule has 1 aliphatic rings. The van der Waals surface area contributed by atoms with E-state index in [0.29, 0.717) is 0 Å². The zero-order chi connectivity index (χ0) is 15.8. The normalized spacial score (nSPS) is 20.0. The Hall–Kier alpha value is -0.820. The molecule has 1 aromatic carbocycles. The summed E-state index contributed by atoms with van der Waals surface area (Å²) in [5.41, 5.74) is 4.56. The zero-order valence-electron chi connectivity index (χ0n) is 15.1. The number of hydrogen-bond acceptors (Lipinski definition) is 1. The van der Waals surface area contributed by atoms with Gasteiger partial charge in [-0.1, -0.05) is 45.9 Å². The molecule has 0 aromatic heterocycles. The highest BCUT2D eigenvalue weighted by molar-refractivity contribution is 5.34. The third-order valence-electron chi connectivity index (χ3n) is 4.91. The van der Waals surface area contributed by atoms with Crippen LogP contribution in [0.5, 0.6) is 0 Å². The fourth-order valence-electron chi connectivity index (χ4n) is 3.47. The van der Waals surface area contributed by atoms with Crippen LogP contribution in [0.3, 0.4) is 0 Å². The average Bonchev–Trinajstić information content (AvgIpc) is 2.93. The number of nitrogens with zero attached hydrogens (tertiary/aromatic N) is 1. The molecule has 0 bridgehead atoms. The lowest BCUT2D eigenvalue weighted by atomic mass is 9.85. The van der Waals surface area contributed by atoms with E-state index >= 15 is 0 Å². The second-order valence-electron chi connectivity index (χ2n) is 6.16. The van der Waals surface area contributed by atoms with Gasteiger partial charge in [-0.2, -0.15) is 0 Å². The second-order valence-corrected chi connectivity index (χ2v) is 6.16. The van der Waals surface area contributed by atoms with Gasteiger partial charge >= 0.3 is 0 Å². The van der Waals surface area contributed by atoms with Gasteiger partial charge in [-0.05, 0) is 75.2 Å². The lowest BCUT2D eigenvalue weighted by molar-refractivity contribution is 0.279. The first kappa shape index (κ1) is 18.2. The Morgan fingerprint density at radius 3 is 2.48 bits per heavy atom. The lowest BCUT2D eigenvalue weighted by Crippen LogP contribution is -2.26. The van der Waals surface area contributed by atoms with Crippen LogP contribution in [-0.4, -0.2) is 24.5 Å². The molecular weight excluding hydrogens is 254 g/mol. The van der Waals surface area contributed by atoms with Crippen molar-refractivity contribution in [3.05, 3.63) is 34.9 Å². The van der Waals surface area contributed by atoms with Crippen LogP contribution < -0.4 is 0 Å². The zero-order valence-corrected chi connectivity index (χ0v) is 15.1. The van der Waals surface area contributed by atoms with E-state index in [0.717, 1.165) is 18.4 Å². The molecule has 1 aliphatic heterocycles. The summed E-state index contributed by atoms with van der Waals surface area (Å²) in [4.78, 5) is 2.56. The molecule has 0 saturated carbocycles. The quantitative estimate of drug-likeness (QED) is 0.685. The molecule has 0 N–H and O–H groups in total. The topological polar surface area (TPSA) is 3.24 Å². The Bertz CT molecular complexity index is 410. The van der Waals surface area contributed by atoms with Crippen LogP contribution in [0.25, 0.3) is 0 Å². The molecule has 1 saturated heterocycles. The van der Waals surface area contributed by atoms with E-state index in [1.165, 1.54) is 43.4 Å². The van der Waals surface area contributed by atoms with Crippen LogP contribution in [0.15, 0.2) is 18.2 Å². The van der Waals surface area contributed by atoms with Crippen LogP contribution in [-0.2, 0) is 6.42 Å². The standard InChI is InChI=1S/C18H29N.C2H6/c1-5-15-10-9-14(3)18(12-15)16(6-2)13-17-8-7-11-19(17)4;1-2/h9-10,12,16-17H,5-8,11,13H2,1-4H3;1-2H3. The van der Waals surface area contributed by atoms with Gasteiger partial charge in [0.25, 0.3) is 0 Å². The highest BCUT2D eigenvalue weighted by Gasteiger charge is 2.25. The van der Waals surface area contributed by atoms with Gasteiger partial charge in [-0.25, -0.2) is 0 Å². The van der Waals surface area contributed by atoms with Crippen molar-refractivity contribution in [2.24, 2.45) is 0 Å². The summed E-state index contributed by atoms with van der Waals surface area (Å²) in [6.07, 6.45) is 6.51.